The summed E-state index contributed by atoms with van der Waals surface area (Å²) in [6.07, 6.45) is 0. The Kier molecular flexibility index (Phi) is 3.95. The largest absolute Gasteiger partial charge is 0.478 e. The van der Waals surface area contributed by atoms with Crippen LogP contribution in [0.3, 0.4) is 0 Å². The summed E-state index contributed by atoms with van der Waals surface area (Å²) in [4.78, 5) is 4.41. The molecule has 3 nitrogen and oxygen atoms in total. The van der Waals surface area contributed by atoms with E-state index in [1.54, 1.807) is 0 Å². The van der Waals surface area contributed by atoms with Crippen molar-refractivity contribution in [2.24, 2.45) is 5.73 Å². The summed E-state index contributed by atoms with van der Waals surface area (Å²) in [6.45, 7) is 4.53. The Hall–Kier alpha value is -1.87. The molecule has 0 spiro atoms. The first-order valence-corrected chi connectivity index (χ1v) is 6.13. The van der Waals surface area contributed by atoms with Gasteiger partial charge < -0.3 is 10.5 Å². The molecule has 1 heterocycles. The van der Waals surface area contributed by atoms with Gasteiger partial charge in [0.05, 0.1) is 12.6 Å². The summed E-state index contributed by atoms with van der Waals surface area (Å²) in [5.74, 6) is 0.652. The number of nitrogens with two attached hydrogens (primary N) is 1. The molecule has 2 rings (SSSR count). The van der Waals surface area contributed by atoms with E-state index in [0.29, 0.717) is 12.5 Å². The second kappa shape index (κ2) is 5.65. The number of pyridine rings is 1. The minimum absolute atomic E-state index is 0.144. The number of hydrogen-bond donors (Lipinski definition) is 1. The maximum atomic E-state index is 6.26. The minimum Gasteiger partial charge on any atom is -0.478 e. The topological polar surface area (TPSA) is 48.1 Å². The predicted molar refractivity (Wildman–Crippen MR) is 72.6 cm³/mol. The third-order valence-corrected chi connectivity index (χ3v) is 2.89. The maximum absolute atomic E-state index is 6.26. The number of hydrogen-bond acceptors (Lipinski definition) is 3. The molecule has 0 saturated carbocycles. The number of aromatic nitrogens is 1. The van der Waals surface area contributed by atoms with Gasteiger partial charge in [-0.05, 0) is 31.0 Å². The van der Waals surface area contributed by atoms with Crippen molar-refractivity contribution in [3.63, 3.8) is 0 Å². The average molecular weight is 242 g/mol. The number of nitrogens with zero attached hydrogens (tertiary/aromatic N) is 1. The summed E-state index contributed by atoms with van der Waals surface area (Å²) in [7, 11) is 0. The average Bonchev–Trinajstić information content (AvgIpc) is 2.40. The summed E-state index contributed by atoms with van der Waals surface area (Å²) in [5.41, 5.74) is 9.30. The summed E-state index contributed by atoms with van der Waals surface area (Å²) < 4.78 is 5.38. The lowest BCUT2D eigenvalue weighted by Gasteiger charge is -2.15. The summed E-state index contributed by atoms with van der Waals surface area (Å²) in [5, 5.41) is 0. The van der Waals surface area contributed by atoms with E-state index < -0.39 is 0 Å². The first-order chi connectivity index (χ1) is 8.72. The number of benzene rings is 1. The van der Waals surface area contributed by atoms with Crippen molar-refractivity contribution in [2.45, 2.75) is 19.9 Å². The Morgan fingerprint density at radius 2 is 1.89 bits per heavy atom. The molecule has 0 fully saturated rings. The Balaban J connectivity index is 2.28. The molecule has 1 aromatic carbocycles. The van der Waals surface area contributed by atoms with Crippen molar-refractivity contribution in [1.82, 2.24) is 4.98 Å². The molecule has 0 bridgehead atoms. The predicted octanol–water partition coefficient (Wildman–Crippen LogP) is 2.84. The van der Waals surface area contributed by atoms with Gasteiger partial charge in [-0.1, -0.05) is 30.3 Å². The molecule has 2 aromatic rings. The van der Waals surface area contributed by atoms with E-state index in [1.807, 2.05) is 56.3 Å². The number of ether oxygens (including phenoxy) is 1. The lowest BCUT2D eigenvalue weighted by Crippen LogP contribution is -2.14. The third-order valence-electron chi connectivity index (χ3n) is 2.89. The van der Waals surface area contributed by atoms with Gasteiger partial charge in [-0.25, -0.2) is 4.98 Å². The molecule has 1 atom stereocenters. The van der Waals surface area contributed by atoms with Gasteiger partial charge in [0.2, 0.25) is 5.88 Å². The van der Waals surface area contributed by atoms with Crippen LogP contribution in [0.15, 0.2) is 42.5 Å². The van der Waals surface area contributed by atoms with E-state index in [2.05, 4.69) is 4.98 Å². The number of rotatable bonds is 4. The standard InChI is InChI=1S/C15H18N2O/c1-3-18-14-10-9-13(11(2)17-14)15(16)12-7-5-4-6-8-12/h4-10,15H,3,16H2,1-2H3/t15-/m0/s1. The zero-order valence-electron chi connectivity index (χ0n) is 10.8. The molecule has 0 aliphatic rings. The van der Waals surface area contributed by atoms with Gasteiger partial charge in [-0.15, -0.1) is 0 Å². The summed E-state index contributed by atoms with van der Waals surface area (Å²) in [6, 6.07) is 13.7. The fourth-order valence-corrected chi connectivity index (χ4v) is 1.95. The molecule has 0 unspecified atom stereocenters. The second-order valence-electron chi connectivity index (χ2n) is 4.15. The van der Waals surface area contributed by atoms with Crippen molar-refractivity contribution in [2.75, 3.05) is 6.61 Å². The van der Waals surface area contributed by atoms with Crippen LogP contribution in [0.5, 0.6) is 5.88 Å². The third kappa shape index (κ3) is 2.68. The van der Waals surface area contributed by atoms with Crippen LogP contribution in [-0.2, 0) is 0 Å². The maximum Gasteiger partial charge on any atom is 0.213 e. The number of aryl methyl sites for hydroxylation is 1. The van der Waals surface area contributed by atoms with Crippen LogP contribution in [0, 0.1) is 6.92 Å². The molecular formula is C15H18N2O. The highest BCUT2D eigenvalue weighted by Crippen LogP contribution is 2.23. The van der Waals surface area contributed by atoms with Gasteiger partial charge in [0.1, 0.15) is 0 Å². The second-order valence-corrected chi connectivity index (χ2v) is 4.15. The normalized spacial score (nSPS) is 12.2. The Morgan fingerprint density at radius 3 is 2.50 bits per heavy atom. The monoisotopic (exact) mass is 242 g/mol. The zero-order valence-corrected chi connectivity index (χ0v) is 10.8. The van der Waals surface area contributed by atoms with Crippen LogP contribution in [0.2, 0.25) is 0 Å². The van der Waals surface area contributed by atoms with E-state index in [9.17, 15) is 0 Å². The fraction of sp³-hybridized carbons (Fsp3) is 0.267. The van der Waals surface area contributed by atoms with Crippen LogP contribution in [0.1, 0.15) is 29.8 Å². The molecule has 18 heavy (non-hydrogen) atoms. The van der Waals surface area contributed by atoms with Gasteiger partial charge in [0.15, 0.2) is 0 Å². The van der Waals surface area contributed by atoms with Crippen LogP contribution in [-0.4, -0.2) is 11.6 Å². The molecule has 1 aromatic heterocycles. The smallest absolute Gasteiger partial charge is 0.213 e. The molecule has 2 N–H and O–H groups in total. The molecular weight excluding hydrogens is 224 g/mol. The molecule has 0 aliphatic heterocycles. The van der Waals surface area contributed by atoms with Gasteiger partial charge >= 0.3 is 0 Å². The Morgan fingerprint density at radius 1 is 1.17 bits per heavy atom. The van der Waals surface area contributed by atoms with Crippen molar-refractivity contribution in [3.05, 3.63) is 59.3 Å². The van der Waals surface area contributed by atoms with Crippen LogP contribution < -0.4 is 10.5 Å². The van der Waals surface area contributed by atoms with Gasteiger partial charge in [0.25, 0.3) is 0 Å². The lowest BCUT2D eigenvalue weighted by molar-refractivity contribution is 0.326. The van der Waals surface area contributed by atoms with Crippen LogP contribution >= 0.6 is 0 Å². The highest BCUT2D eigenvalue weighted by Gasteiger charge is 2.12. The Labute approximate surface area is 108 Å². The first-order valence-electron chi connectivity index (χ1n) is 6.13. The van der Waals surface area contributed by atoms with E-state index in [0.717, 1.165) is 16.8 Å². The van der Waals surface area contributed by atoms with Crippen molar-refractivity contribution in [3.8, 4) is 5.88 Å². The van der Waals surface area contributed by atoms with E-state index in [-0.39, 0.29) is 6.04 Å². The first kappa shape index (κ1) is 12.6. The van der Waals surface area contributed by atoms with E-state index >= 15 is 0 Å². The van der Waals surface area contributed by atoms with Gasteiger partial charge in [-0.2, -0.15) is 0 Å². The lowest BCUT2D eigenvalue weighted by atomic mass is 9.99. The molecule has 0 saturated heterocycles. The SMILES string of the molecule is CCOc1ccc([C@@H](N)c2ccccc2)c(C)n1. The molecule has 0 aliphatic carbocycles. The van der Waals surface area contributed by atoms with Crippen molar-refractivity contribution < 1.29 is 4.74 Å². The minimum atomic E-state index is -0.144. The van der Waals surface area contributed by atoms with Gasteiger partial charge in [-0.3, -0.25) is 0 Å². The molecule has 3 heteroatoms. The van der Waals surface area contributed by atoms with Crippen molar-refractivity contribution in [1.29, 1.82) is 0 Å². The quantitative estimate of drug-likeness (QED) is 0.896. The van der Waals surface area contributed by atoms with Crippen LogP contribution in [0.4, 0.5) is 0 Å². The van der Waals surface area contributed by atoms with E-state index in [1.165, 1.54) is 0 Å². The van der Waals surface area contributed by atoms with Crippen molar-refractivity contribution >= 4 is 0 Å². The zero-order chi connectivity index (χ0) is 13.0. The van der Waals surface area contributed by atoms with Crippen LogP contribution in [0.25, 0.3) is 0 Å². The Bertz CT molecular complexity index is 511. The highest BCUT2D eigenvalue weighted by molar-refractivity contribution is 5.35. The molecule has 0 radical (unpaired) electrons. The van der Waals surface area contributed by atoms with Gasteiger partial charge in [0, 0.05) is 11.8 Å². The van der Waals surface area contributed by atoms with E-state index in [4.69, 9.17) is 10.5 Å². The fourth-order valence-electron chi connectivity index (χ4n) is 1.95. The molecule has 0 amide bonds. The molecule has 94 valence electrons. The summed E-state index contributed by atoms with van der Waals surface area (Å²) >= 11 is 0. The highest BCUT2D eigenvalue weighted by atomic mass is 16.5.